The van der Waals surface area contributed by atoms with Crippen molar-refractivity contribution in [1.29, 1.82) is 10.5 Å². The van der Waals surface area contributed by atoms with Gasteiger partial charge in [-0.2, -0.15) is 10.5 Å². The van der Waals surface area contributed by atoms with Gasteiger partial charge in [0.05, 0.1) is 0 Å². The summed E-state index contributed by atoms with van der Waals surface area (Å²) < 4.78 is 0. The van der Waals surface area contributed by atoms with Gasteiger partial charge in [-0.25, -0.2) is 0 Å². The van der Waals surface area contributed by atoms with Crippen LogP contribution in [-0.2, 0) is 0 Å². The lowest BCUT2D eigenvalue weighted by Gasteiger charge is -2.08. The van der Waals surface area contributed by atoms with Crippen molar-refractivity contribution in [2.75, 3.05) is 0 Å². The Kier molecular flexibility index (Phi) is 3.08. The average molecular weight is 183 g/mol. The Morgan fingerprint density at radius 2 is 1.56 bits per heavy atom. The number of hydrogen-bond acceptors (Lipinski definition) is 2. The summed E-state index contributed by atoms with van der Waals surface area (Å²) in [6.07, 6.45) is 0. The molecule has 0 unspecified atom stereocenters. The summed E-state index contributed by atoms with van der Waals surface area (Å²) in [5, 5.41) is 16.4. The normalized spacial score (nSPS) is 10.4. The molecule has 0 radical (unpaired) electrons. The zero-order valence-corrected chi connectivity index (χ0v) is 6.37. The van der Waals surface area contributed by atoms with Gasteiger partial charge in [-0.1, -0.05) is 11.6 Å². The molecule has 0 aliphatic heterocycles. The van der Waals surface area contributed by atoms with Crippen LogP contribution in [0, 0.1) is 22.7 Å². The van der Waals surface area contributed by atoms with Gasteiger partial charge >= 0.3 is 0 Å². The maximum atomic E-state index is 8.18. The van der Waals surface area contributed by atoms with Gasteiger partial charge < -0.3 is 0 Å². The fourth-order valence-electron chi connectivity index (χ4n) is 0.123. The molecular formula is C4HCl3N2. The van der Waals surface area contributed by atoms with Crippen molar-refractivity contribution < 1.29 is 0 Å². The third-order valence-electron chi connectivity index (χ3n) is 0.626. The number of nitriles is 2. The first-order valence-corrected chi connectivity index (χ1v) is 3.11. The molecular weight excluding hydrogens is 182 g/mol. The second-order valence-electron chi connectivity index (χ2n) is 1.24. The molecule has 0 bridgehead atoms. The quantitative estimate of drug-likeness (QED) is 0.582. The Bertz CT molecular complexity index is 161. The lowest BCUT2D eigenvalue weighted by atomic mass is 10.2. The molecule has 0 spiro atoms. The largest absolute Gasteiger partial charge is 0.245 e. The van der Waals surface area contributed by atoms with Gasteiger partial charge in [0.1, 0.15) is 12.1 Å². The van der Waals surface area contributed by atoms with Crippen LogP contribution in [0.25, 0.3) is 0 Å². The van der Waals surface area contributed by atoms with Crippen molar-refractivity contribution in [3.8, 4) is 12.1 Å². The first-order valence-electron chi connectivity index (χ1n) is 1.86. The van der Waals surface area contributed by atoms with E-state index in [1.165, 1.54) is 12.1 Å². The Balaban J connectivity index is 4.39. The lowest BCUT2D eigenvalue weighted by Crippen LogP contribution is -2.24. The van der Waals surface area contributed by atoms with E-state index >= 15 is 0 Å². The van der Waals surface area contributed by atoms with Crippen molar-refractivity contribution in [3.05, 3.63) is 0 Å². The molecule has 0 fully saturated rings. The summed E-state index contributed by atoms with van der Waals surface area (Å²) in [6, 6.07) is 2.94. The number of alkyl halides is 3. The van der Waals surface area contributed by atoms with E-state index in [1.807, 2.05) is 0 Å². The summed E-state index contributed by atoms with van der Waals surface area (Å²) >= 11 is 15.6. The van der Waals surface area contributed by atoms with Gasteiger partial charge in [-0.05, 0) is 0 Å². The summed E-state index contributed by atoms with van der Waals surface area (Å²) in [5.74, 6) is 0. The van der Waals surface area contributed by atoms with Crippen molar-refractivity contribution >= 4 is 34.8 Å². The Morgan fingerprint density at radius 1 is 1.22 bits per heavy atom. The van der Waals surface area contributed by atoms with Crippen molar-refractivity contribution in [2.24, 2.45) is 0 Å². The summed E-state index contributed by atoms with van der Waals surface area (Å²) in [4.78, 5) is -2.99. The number of rotatable bonds is 1. The van der Waals surface area contributed by atoms with E-state index in [0.29, 0.717) is 0 Å². The van der Waals surface area contributed by atoms with E-state index < -0.39 is 9.71 Å². The van der Waals surface area contributed by atoms with Crippen LogP contribution in [0.15, 0.2) is 0 Å². The van der Waals surface area contributed by atoms with Crippen LogP contribution in [0.2, 0.25) is 0 Å². The minimum atomic E-state index is -1.80. The van der Waals surface area contributed by atoms with Crippen LogP contribution in [-0.4, -0.2) is 9.71 Å². The highest BCUT2D eigenvalue weighted by Crippen LogP contribution is 2.25. The highest BCUT2D eigenvalue weighted by atomic mass is 35.5. The first kappa shape index (κ1) is 8.85. The molecule has 0 atom stereocenters. The Hall–Kier alpha value is -0.150. The van der Waals surface area contributed by atoms with E-state index in [4.69, 9.17) is 45.3 Å². The molecule has 48 valence electrons. The third-order valence-corrected chi connectivity index (χ3v) is 1.89. The smallest absolute Gasteiger partial charge is 0.195 e. The predicted octanol–water partition coefficient (Wildman–Crippen LogP) is 1.81. The summed E-state index contributed by atoms with van der Waals surface area (Å²) in [6.45, 7) is 0. The molecule has 0 saturated heterocycles. The van der Waals surface area contributed by atoms with E-state index in [9.17, 15) is 0 Å². The van der Waals surface area contributed by atoms with E-state index in [0.717, 1.165) is 0 Å². The highest BCUT2D eigenvalue weighted by Gasteiger charge is 2.34. The molecule has 0 saturated carbocycles. The Labute approximate surface area is 67.5 Å². The van der Waals surface area contributed by atoms with Gasteiger partial charge in [-0.15, -0.1) is 23.2 Å². The van der Waals surface area contributed by atoms with Crippen LogP contribution >= 0.6 is 34.8 Å². The van der Waals surface area contributed by atoms with Gasteiger partial charge in [0, 0.05) is 0 Å². The molecule has 9 heavy (non-hydrogen) atoms. The zero-order valence-electron chi connectivity index (χ0n) is 4.11. The molecule has 0 amide bonds. The lowest BCUT2D eigenvalue weighted by molar-refractivity contribution is 0.975. The van der Waals surface area contributed by atoms with E-state index in [2.05, 4.69) is 0 Å². The third kappa shape index (κ3) is 1.91. The van der Waals surface area contributed by atoms with Gasteiger partial charge in [0.2, 0.25) is 4.87 Å². The first-order chi connectivity index (χ1) is 4.06. The maximum absolute atomic E-state index is 8.18. The molecule has 5 heteroatoms. The van der Waals surface area contributed by atoms with Crippen LogP contribution in [0.5, 0.6) is 0 Å². The molecule has 0 aromatic heterocycles. The number of halogens is 3. The SMILES string of the molecule is N#CC(Cl)(C#N)C(Cl)Cl. The fraction of sp³-hybridized carbons (Fsp3) is 0.500. The molecule has 2 nitrogen and oxygen atoms in total. The summed E-state index contributed by atoms with van der Waals surface area (Å²) in [7, 11) is 0. The van der Waals surface area contributed by atoms with Gasteiger partial charge in [0.25, 0.3) is 0 Å². The summed E-state index contributed by atoms with van der Waals surface area (Å²) in [5.41, 5.74) is 0. The highest BCUT2D eigenvalue weighted by molar-refractivity contribution is 6.51. The second-order valence-corrected chi connectivity index (χ2v) is 2.93. The van der Waals surface area contributed by atoms with Crippen LogP contribution in [0.4, 0.5) is 0 Å². The van der Waals surface area contributed by atoms with Crippen LogP contribution in [0.1, 0.15) is 0 Å². The molecule has 0 N–H and O–H groups in total. The van der Waals surface area contributed by atoms with Crippen LogP contribution < -0.4 is 0 Å². The van der Waals surface area contributed by atoms with Crippen molar-refractivity contribution in [2.45, 2.75) is 9.71 Å². The molecule has 0 aliphatic rings. The van der Waals surface area contributed by atoms with E-state index in [1.54, 1.807) is 0 Å². The molecule has 0 aromatic rings. The number of nitrogens with zero attached hydrogens (tertiary/aromatic N) is 2. The van der Waals surface area contributed by atoms with Crippen molar-refractivity contribution in [3.63, 3.8) is 0 Å². The topological polar surface area (TPSA) is 47.6 Å². The predicted molar refractivity (Wildman–Crippen MR) is 35.3 cm³/mol. The molecule has 0 rings (SSSR count). The second kappa shape index (κ2) is 3.13. The maximum Gasteiger partial charge on any atom is 0.245 e. The van der Waals surface area contributed by atoms with Gasteiger partial charge in [0.15, 0.2) is 4.84 Å². The molecule has 0 aliphatic carbocycles. The monoisotopic (exact) mass is 182 g/mol. The molecule has 0 heterocycles. The minimum Gasteiger partial charge on any atom is -0.195 e. The minimum absolute atomic E-state index is 1.19. The average Bonchev–Trinajstić information content (AvgIpc) is 1.86. The van der Waals surface area contributed by atoms with Crippen molar-refractivity contribution in [1.82, 2.24) is 0 Å². The zero-order chi connectivity index (χ0) is 7.49. The van der Waals surface area contributed by atoms with Crippen LogP contribution in [0.3, 0.4) is 0 Å². The number of hydrogen-bond donors (Lipinski definition) is 0. The Morgan fingerprint density at radius 3 is 1.56 bits per heavy atom. The molecule has 0 aromatic carbocycles. The fourth-order valence-corrected chi connectivity index (χ4v) is 0.318. The standard InChI is InChI=1S/C4HCl3N2/c5-3(6)4(7,1-8)2-9/h3H. The van der Waals surface area contributed by atoms with E-state index in [-0.39, 0.29) is 0 Å². The van der Waals surface area contributed by atoms with Gasteiger partial charge in [-0.3, -0.25) is 0 Å².